The molecule has 0 aromatic carbocycles. The summed E-state index contributed by atoms with van der Waals surface area (Å²) in [5.74, 6) is -0.886. The van der Waals surface area contributed by atoms with Crippen LogP contribution in [0.1, 0.15) is 11.4 Å². The fourth-order valence-corrected chi connectivity index (χ4v) is 1.93. The molecule has 1 aromatic heterocycles. The Balaban J connectivity index is 2.26. The zero-order chi connectivity index (χ0) is 11.9. The van der Waals surface area contributed by atoms with Crippen molar-refractivity contribution in [1.29, 1.82) is 0 Å². The number of alkyl halides is 3. The zero-order valence-electron chi connectivity index (χ0n) is 7.61. The average molecular weight is 251 g/mol. The number of hydrogen-bond acceptors (Lipinski definition) is 5. The monoisotopic (exact) mass is 251 g/mol. The van der Waals surface area contributed by atoms with Crippen LogP contribution in [0.5, 0.6) is 0 Å². The molecule has 0 unspecified atom stereocenters. The van der Waals surface area contributed by atoms with Crippen molar-refractivity contribution in [3.05, 3.63) is 5.01 Å². The number of carbonyl (C=O) groups excluding carboxylic acids is 2. The fourth-order valence-electron chi connectivity index (χ4n) is 1.20. The molecule has 2 heterocycles. The number of ketones is 1. The third-order valence-corrected chi connectivity index (χ3v) is 2.86. The molecule has 2 rings (SSSR count). The first-order valence-electron chi connectivity index (χ1n) is 4.10. The standard InChI is InChI=1S/C7H4F3N3O2S/c8-7(9,10)5-11-12-6(16-5)13-2-3(14)1-4(13)15/h1-2H2. The third kappa shape index (κ3) is 1.90. The van der Waals surface area contributed by atoms with Crippen LogP contribution >= 0.6 is 11.3 Å². The van der Waals surface area contributed by atoms with Gasteiger partial charge in [-0.25, -0.2) is 0 Å². The van der Waals surface area contributed by atoms with E-state index in [9.17, 15) is 22.8 Å². The van der Waals surface area contributed by atoms with Crippen molar-refractivity contribution in [3.63, 3.8) is 0 Å². The summed E-state index contributed by atoms with van der Waals surface area (Å²) in [6, 6.07) is 0. The van der Waals surface area contributed by atoms with Crippen molar-refractivity contribution < 1.29 is 22.8 Å². The normalized spacial score (nSPS) is 17.3. The summed E-state index contributed by atoms with van der Waals surface area (Å²) in [7, 11) is 0. The van der Waals surface area contributed by atoms with Crippen molar-refractivity contribution >= 4 is 28.2 Å². The van der Waals surface area contributed by atoms with Crippen molar-refractivity contribution in [2.75, 3.05) is 11.4 Å². The Bertz CT molecular complexity index is 456. The molecule has 0 bridgehead atoms. The van der Waals surface area contributed by atoms with Gasteiger partial charge in [0.2, 0.25) is 16.0 Å². The van der Waals surface area contributed by atoms with E-state index in [1.165, 1.54) is 0 Å². The summed E-state index contributed by atoms with van der Waals surface area (Å²) < 4.78 is 36.6. The Morgan fingerprint density at radius 1 is 1.25 bits per heavy atom. The lowest BCUT2D eigenvalue weighted by atomic mass is 10.3. The van der Waals surface area contributed by atoms with E-state index < -0.39 is 17.1 Å². The van der Waals surface area contributed by atoms with Gasteiger partial charge in [0.05, 0.1) is 13.0 Å². The van der Waals surface area contributed by atoms with E-state index in [0.717, 1.165) is 4.90 Å². The number of hydrogen-bond donors (Lipinski definition) is 0. The summed E-state index contributed by atoms with van der Waals surface area (Å²) in [5, 5.41) is 4.86. The largest absolute Gasteiger partial charge is 0.445 e. The first kappa shape index (κ1) is 11.0. The van der Waals surface area contributed by atoms with Gasteiger partial charge in [0.15, 0.2) is 5.78 Å². The molecule has 86 valence electrons. The highest BCUT2D eigenvalue weighted by Crippen LogP contribution is 2.35. The van der Waals surface area contributed by atoms with E-state index in [-0.39, 0.29) is 35.2 Å². The number of aromatic nitrogens is 2. The molecule has 1 aliphatic heterocycles. The number of Topliss-reactive ketones (excluding diaryl/α,β-unsaturated/α-hetero) is 1. The predicted molar refractivity (Wildman–Crippen MR) is 46.9 cm³/mol. The molecule has 0 aliphatic carbocycles. The number of amides is 1. The maximum absolute atomic E-state index is 12.2. The van der Waals surface area contributed by atoms with Crippen LogP contribution in [0.3, 0.4) is 0 Å². The highest BCUT2D eigenvalue weighted by Gasteiger charge is 2.38. The topological polar surface area (TPSA) is 63.2 Å². The van der Waals surface area contributed by atoms with E-state index in [0.29, 0.717) is 0 Å². The van der Waals surface area contributed by atoms with E-state index in [1.807, 2.05) is 0 Å². The summed E-state index contributed by atoms with van der Waals surface area (Å²) in [6.45, 7) is -0.231. The molecule has 0 radical (unpaired) electrons. The van der Waals surface area contributed by atoms with Crippen molar-refractivity contribution in [3.8, 4) is 0 Å². The van der Waals surface area contributed by atoms with Crippen LogP contribution in [0.4, 0.5) is 18.3 Å². The number of halogens is 3. The summed E-state index contributed by atoms with van der Waals surface area (Å²) in [5.41, 5.74) is 0. The van der Waals surface area contributed by atoms with E-state index in [2.05, 4.69) is 10.2 Å². The van der Waals surface area contributed by atoms with Gasteiger partial charge in [-0.1, -0.05) is 11.3 Å². The maximum atomic E-state index is 12.2. The van der Waals surface area contributed by atoms with Crippen LogP contribution in [0.25, 0.3) is 0 Å². The fraction of sp³-hybridized carbons (Fsp3) is 0.429. The second kappa shape index (κ2) is 3.51. The Morgan fingerprint density at radius 2 is 1.94 bits per heavy atom. The quantitative estimate of drug-likeness (QED) is 0.694. The van der Waals surface area contributed by atoms with Gasteiger partial charge in [0, 0.05) is 0 Å². The van der Waals surface area contributed by atoms with Crippen LogP contribution < -0.4 is 4.90 Å². The summed E-state index contributed by atoms with van der Waals surface area (Å²) in [4.78, 5) is 23.0. The molecular formula is C7H4F3N3O2S. The maximum Gasteiger partial charge on any atom is 0.445 e. The molecule has 1 aromatic rings. The first-order chi connectivity index (χ1) is 7.38. The highest BCUT2D eigenvalue weighted by molar-refractivity contribution is 7.15. The Morgan fingerprint density at radius 3 is 2.38 bits per heavy atom. The van der Waals surface area contributed by atoms with Crippen LogP contribution in [-0.2, 0) is 15.8 Å². The Hall–Kier alpha value is -1.51. The zero-order valence-corrected chi connectivity index (χ0v) is 8.43. The van der Waals surface area contributed by atoms with Gasteiger partial charge in [0.1, 0.15) is 0 Å². The second-order valence-corrected chi connectivity index (χ2v) is 4.04. The van der Waals surface area contributed by atoms with Gasteiger partial charge in [-0.05, 0) is 0 Å². The Kier molecular flexibility index (Phi) is 2.41. The minimum Gasteiger partial charge on any atom is -0.297 e. The van der Waals surface area contributed by atoms with Crippen LogP contribution in [-0.4, -0.2) is 28.4 Å². The molecule has 1 aliphatic rings. The van der Waals surface area contributed by atoms with Crippen molar-refractivity contribution in [1.82, 2.24) is 10.2 Å². The molecular weight excluding hydrogens is 247 g/mol. The molecule has 1 saturated heterocycles. The minimum atomic E-state index is -4.58. The molecule has 0 saturated carbocycles. The van der Waals surface area contributed by atoms with Gasteiger partial charge >= 0.3 is 6.18 Å². The molecule has 1 amide bonds. The highest BCUT2D eigenvalue weighted by atomic mass is 32.1. The molecule has 5 nitrogen and oxygen atoms in total. The van der Waals surface area contributed by atoms with Gasteiger partial charge in [-0.2, -0.15) is 13.2 Å². The van der Waals surface area contributed by atoms with Gasteiger partial charge < -0.3 is 0 Å². The van der Waals surface area contributed by atoms with Crippen molar-refractivity contribution in [2.24, 2.45) is 0 Å². The first-order valence-corrected chi connectivity index (χ1v) is 4.92. The molecule has 0 spiro atoms. The third-order valence-electron chi connectivity index (χ3n) is 1.87. The molecule has 0 atom stereocenters. The second-order valence-electron chi connectivity index (χ2n) is 3.08. The smallest absolute Gasteiger partial charge is 0.297 e. The summed E-state index contributed by atoms with van der Waals surface area (Å²) >= 11 is 0.249. The molecule has 9 heteroatoms. The Labute approximate surface area is 90.9 Å². The van der Waals surface area contributed by atoms with Crippen LogP contribution in [0.15, 0.2) is 0 Å². The number of anilines is 1. The van der Waals surface area contributed by atoms with Crippen LogP contribution in [0, 0.1) is 0 Å². The predicted octanol–water partition coefficient (Wildman–Crippen LogP) is 0.863. The van der Waals surface area contributed by atoms with E-state index in [4.69, 9.17) is 0 Å². The van der Waals surface area contributed by atoms with E-state index in [1.54, 1.807) is 0 Å². The van der Waals surface area contributed by atoms with Crippen LogP contribution in [0.2, 0.25) is 0 Å². The van der Waals surface area contributed by atoms with Gasteiger partial charge in [0.25, 0.3) is 0 Å². The lowest BCUT2D eigenvalue weighted by Crippen LogP contribution is -2.24. The molecule has 16 heavy (non-hydrogen) atoms. The summed E-state index contributed by atoms with van der Waals surface area (Å²) in [6.07, 6.45) is -4.87. The molecule has 1 fully saturated rings. The van der Waals surface area contributed by atoms with Gasteiger partial charge in [-0.3, -0.25) is 14.5 Å². The number of rotatable bonds is 1. The lowest BCUT2D eigenvalue weighted by Gasteiger charge is -2.08. The average Bonchev–Trinajstić information content (AvgIpc) is 2.70. The lowest BCUT2D eigenvalue weighted by molar-refractivity contribution is -0.138. The van der Waals surface area contributed by atoms with Gasteiger partial charge in [-0.15, -0.1) is 10.2 Å². The molecule has 0 N–H and O–H groups in total. The minimum absolute atomic E-state index is 0.192. The SMILES string of the molecule is O=C1CC(=O)N(c2nnc(C(F)(F)F)s2)C1. The van der Waals surface area contributed by atoms with Crippen molar-refractivity contribution in [2.45, 2.75) is 12.6 Å². The number of carbonyl (C=O) groups is 2. The van der Waals surface area contributed by atoms with E-state index >= 15 is 0 Å². The number of nitrogens with zero attached hydrogens (tertiary/aromatic N) is 3.